The number of aliphatic hydroxyl groups is 1. The van der Waals surface area contributed by atoms with Crippen LogP contribution in [0.1, 0.15) is 35.7 Å². The Morgan fingerprint density at radius 1 is 1.09 bits per heavy atom. The lowest BCUT2D eigenvalue weighted by molar-refractivity contribution is 0.0980. The number of carbonyl (C=O) groups excluding carboxylic acids is 1. The fourth-order valence-corrected chi connectivity index (χ4v) is 4.25. The molecule has 0 saturated heterocycles. The van der Waals surface area contributed by atoms with Crippen molar-refractivity contribution in [2.75, 3.05) is 18.1 Å². The zero-order chi connectivity index (χ0) is 22.8. The average molecular weight is 469 g/mol. The van der Waals surface area contributed by atoms with E-state index in [1.54, 1.807) is 0 Å². The van der Waals surface area contributed by atoms with Crippen LogP contribution in [0.15, 0.2) is 61.1 Å². The molecule has 0 spiro atoms. The van der Waals surface area contributed by atoms with Crippen LogP contribution in [-0.4, -0.2) is 38.7 Å². The number of halogens is 2. The quantitative estimate of drug-likeness (QED) is 0.379. The number of hydrogen-bond acceptors (Lipinski definition) is 4. The summed E-state index contributed by atoms with van der Waals surface area (Å²) in [5.41, 5.74) is 3.87. The van der Waals surface area contributed by atoms with Gasteiger partial charge in [0.15, 0.2) is 0 Å². The lowest BCUT2D eigenvalue weighted by Gasteiger charge is -2.23. The van der Waals surface area contributed by atoms with Crippen LogP contribution in [0.5, 0.6) is 0 Å². The molecule has 4 aromatic rings. The van der Waals surface area contributed by atoms with Crippen LogP contribution in [0.2, 0.25) is 10.3 Å². The highest BCUT2D eigenvalue weighted by Crippen LogP contribution is 2.34. The number of para-hydroxylation sites is 1. The molecule has 6 nitrogen and oxygen atoms in total. The molecule has 2 aromatic carbocycles. The van der Waals surface area contributed by atoms with E-state index in [2.05, 4.69) is 46.7 Å². The second-order valence-corrected chi connectivity index (χ2v) is 8.37. The minimum Gasteiger partial charge on any atom is -0.395 e. The van der Waals surface area contributed by atoms with Crippen molar-refractivity contribution >= 4 is 45.7 Å². The maximum Gasteiger partial charge on any atom is 0.264 e. The fraction of sp³-hybridized carbons (Fsp3) is 0.208. The minimum atomic E-state index is -0.470. The van der Waals surface area contributed by atoms with Crippen LogP contribution < -0.4 is 4.90 Å². The van der Waals surface area contributed by atoms with E-state index in [-0.39, 0.29) is 34.9 Å². The lowest BCUT2D eigenvalue weighted by Crippen LogP contribution is -2.34. The summed E-state index contributed by atoms with van der Waals surface area (Å²) in [6.07, 6.45) is 3.33. The summed E-state index contributed by atoms with van der Waals surface area (Å²) in [4.78, 5) is 22.5. The number of aromatic nitrogens is 3. The molecule has 2 aromatic heterocycles. The van der Waals surface area contributed by atoms with Crippen molar-refractivity contribution in [1.82, 2.24) is 14.5 Å². The lowest BCUT2D eigenvalue weighted by atomic mass is 10.0. The fourth-order valence-electron chi connectivity index (χ4n) is 3.78. The van der Waals surface area contributed by atoms with E-state index < -0.39 is 5.91 Å². The van der Waals surface area contributed by atoms with E-state index in [4.69, 9.17) is 23.2 Å². The highest BCUT2D eigenvalue weighted by molar-refractivity contribution is 6.39. The molecule has 1 N–H and O–H groups in total. The van der Waals surface area contributed by atoms with Crippen molar-refractivity contribution in [2.24, 2.45) is 0 Å². The van der Waals surface area contributed by atoms with Crippen molar-refractivity contribution in [1.29, 1.82) is 0 Å². The van der Waals surface area contributed by atoms with Gasteiger partial charge in [-0.1, -0.05) is 55.2 Å². The molecule has 0 aliphatic rings. The number of hydrogen-bond donors (Lipinski definition) is 1. The molecule has 0 radical (unpaired) electrons. The maximum atomic E-state index is 13.3. The molecule has 1 amide bonds. The van der Waals surface area contributed by atoms with E-state index in [9.17, 15) is 9.90 Å². The van der Waals surface area contributed by atoms with E-state index >= 15 is 0 Å². The second-order valence-electron chi connectivity index (χ2n) is 7.66. The van der Waals surface area contributed by atoms with E-state index in [0.717, 1.165) is 22.2 Å². The molecular formula is C24H22Cl2N4O2. The van der Waals surface area contributed by atoms with Crippen molar-refractivity contribution in [2.45, 2.75) is 19.8 Å². The Kier molecular flexibility index (Phi) is 6.46. The highest BCUT2D eigenvalue weighted by atomic mass is 35.5. The van der Waals surface area contributed by atoms with E-state index in [0.29, 0.717) is 5.69 Å². The third-order valence-corrected chi connectivity index (χ3v) is 5.90. The number of benzene rings is 2. The summed E-state index contributed by atoms with van der Waals surface area (Å²) in [6.45, 7) is 4.11. The first-order chi connectivity index (χ1) is 15.4. The summed E-state index contributed by atoms with van der Waals surface area (Å²) in [5, 5.41) is 10.6. The molecule has 164 valence electrons. The van der Waals surface area contributed by atoms with Crippen LogP contribution >= 0.6 is 23.2 Å². The molecule has 32 heavy (non-hydrogen) atoms. The normalized spacial score (nSPS) is 11.3. The number of carbonyl (C=O) groups is 1. The van der Waals surface area contributed by atoms with Gasteiger partial charge in [-0.25, -0.2) is 9.97 Å². The summed E-state index contributed by atoms with van der Waals surface area (Å²) in [6, 6.07) is 15.9. The molecule has 2 heterocycles. The molecule has 0 fully saturated rings. The summed E-state index contributed by atoms with van der Waals surface area (Å²) >= 11 is 12.3. The van der Waals surface area contributed by atoms with Gasteiger partial charge in [0, 0.05) is 29.5 Å². The van der Waals surface area contributed by atoms with Gasteiger partial charge >= 0.3 is 0 Å². The van der Waals surface area contributed by atoms with Gasteiger partial charge in [-0.15, -0.1) is 0 Å². The molecule has 4 rings (SSSR count). The molecule has 0 aliphatic heterocycles. The van der Waals surface area contributed by atoms with Crippen LogP contribution in [0.25, 0.3) is 16.6 Å². The number of amides is 1. The summed E-state index contributed by atoms with van der Waals surface area (Å²) < 4.78 is 2.14. The van der Waals surface area contributed by atoms with Crippen LogP contribution in [0, 0.1) is 0 Å². The molecule has 0 saturated carbocycles. The van der Waals surface area contributed by atoms with Crippen LogP contribution in [0.3, 0.4) is 0 Å². The third kappa shape index (κ3) is 4.09. The average Bonchev–Trinajstić information content (AvgIpc) is 3.17. The van der Waals surface area contributed by atoms with Gasteiger partial charge in [0.1, 0.15) is 22.2 Å². The molecule has 0 bridgehead atoms. The predicted molar refractivity (Wildman–Crippen MR) is 128 cm³/mol. The van der Waals surface area contributed by atoms with Crippen molar-refractivity contribution in [3.8, 4) is 5.69 Å². The predicted octanol–water partition coefficient (Wildman–Crippen LogP) is 5.49. The SMILES string of the molecule is CC(C)c1cn(-c2ccccc2)c2ccc(N(CCO)C(=O)c3c(Cl)ncnc3Cl)cc12. The topological polar surface area (TPSA) is 71.2 Å². The van der Waals surface area contributed by atoms with Gasteiger partial charge in [-0.05, 0) is 41.8 Å². The van der Waals surface area contributed by atoms with Crippen LogP contribution in [0.4, 0.5) is 5.69 Å². The van der Waals surface area contributed by atoms with Gasteiger partial charge in [-0.3, -0.25) is 4.79 Å². The van der Waals surface area contributed by atoms with E-state index in [1.165, 1.54) is 11.2 Å². The monoisotopic (exact) mass is 468 g/mol. The second kappa shape index (κ2) is 9.28. The standard InChI is InChI=1S/C24H22Cl2N4O2/c1-15(2)19-13-30(16-6-4-3-5-7-16)20-9-8-17(12-18(19)20)29(10-11-31)24(32)21-22(25)27-14-28-23(21)26/h3-9,12-15,31H,10-11H2,1-2H3. The summed E-state index contributed by atoms with van der Waals surface area (Å²) in [5.74, 6) is -0.200. The van der Waals surface area contributed by atoms with Gasteiger partial charge < -0.3 is 14.6 Å². The highest BCUT2D eigenvalue weighted by Gasteiger charge is 2.25. The number of nitrogens with zero attached hydrogens (tertiary/aromatic N) is 4. The van der Waals surface area contributed by atoms with Gasteiger partial charge in [-0.2, -0.15) is 0 Å². The first-order valence-electron chi connectivity index (χ1n) is 10.2. The molecule has 0 atom stereocenters. The van der Waals surface area contributed by atoms with Crippen molar-refractivity contribution in [3.05, 3.63) is 82.5 Å². The smallest absolute Gasteiger partial charge is 0.264 e. The Morgan fingerprint density at radius 2 is 1.78 bits per heavy atom. The number of fused-ring (bicyclic) bond motifs is 1. The largest absolute Gasteiger partial charge is 0.395 e. The Morgan fingerprint density at radius 3 is 2.41 bits per heavy atom. The number of anilines is 1. The van der Waals surface area contributed by atoms with Gasteiger partial charge in [0.05, 0.1) is 12.1 Å². The zero-order valence-corrected chi connectivity index (χ0v) is 19.2. The maximum absolute atomic E-state index is 13.3. The number of rotatable bonds is 6. The van der Waals surface area contributed by atoms with Gasteiger partial charge in [0.25, 0.3) is 5.91 Å². The molecule has 8 heteroatoms. The Labute approximate surface area is 196 Å². The molecule has 0 aliphatic carbocycles. The van der Waals surface area contributed by atoms with Gasteiger partial charge in [0.2, 0.25) is 0 Å². The first kappa shape index (κ1) is 22.3. The van der Waals surface area contributed by atoms with Crippen molar-refractivity contribution in [3.63, 3.8) is 0 Å². The molecule has 0 unspecified atom stereocenters. The molecular weight excluding hydrogens is 447 g/mol. The first-order valence-corrected chi connectivity index (χ1v) is 11.0. The Balaban J connectivity index is 1.86. The minimum absolute atomic E-state index is 0.00955. The Hall–Kier alpha value is -2.93. The zero-order valence-electron chi connectivity index (χ0n) is 17.7. The Bertz CT molecular complexity index is 1250. The third-order valence-electron chi connectivity index (χ3n) is 5.32. The van der Waals surface area contributed by atoms with E-state index in [1.807, 2.05) is 36.4 Å². The van der Waals surface area contributed by atoms with Crippen molar-refractivity contribution < 1.29 is 9.90 Å². The summed E-state index contributed by atoms with van der Waals surface area (Å²) in [7, 11) is 0. The number of aliphatic hydroxyl groups excluding tert-OH is 1. The van der Waals surface area contributed by atoms with Crippen LogP contribution in [-0.2, 0) is 0 Å².